The second kappa shape index (κ2) is 9.45. The van der Waals surface area contributed by atoms with E-state index < -0.39 is 0 Å². The van der Waals surface area contributed by atoms with Crippen LogP contribution in [0.15, 0.2) is 82.6 Å². The van der Waals surface area contributed by atoms with Gasteiger partial charge in [0.2, 0.25) is 0 Å². The SMILES string of the molecule is CCCOc1ccc(C2=C(Sc3ccccc3)C(=O)N(c3ccc(C)c(C)c3)C2=O)cc1. The average Bonchev–Trinajstić information content (AvgIpc) is 3.04. The summed E-state index contributed by atoms with van der Waals surface area (Å²) >= 11 is 1.33. The number of carbonyl (C=O) groups is 2. The summed E-state index contributed by atoms with van der Waals surface area (Å²) < 4.78 is 5.67. The standard InChI is InChI=1S/C27H25NO3S/c1-4-16-31-22-14-11-20(12-15-22)24-25(32-23-8-6-5-7-9-23)27(30)28(26(24)29)21-13-10-18(2)19(3)17-21/h5-15,17H,4,16H2,1-3H3. The second-order valence-corrected chi connectivity index (χ2v) is 8.79. The molecule has 0 fully saturated rings. The highest BCUT2D eigenvalue weighted by Gasteiger charge is 2.40. The van der Waals surface area contributed by atoms with Crippen LogP contribution in [0.2, 0.25) is 0 Å². The molecule has 4 nitrogen and oxygen atoms in total. The molecule has 0 atom stereocenters. The van der Waals surface area contributed by atoms with Crippen molar-refractivity contribution in [1.29, 1.82) is 0 Å². The van der Waals surface area contributed by atoms with Crippen molar-refractivity contribution in [1.82, 2.24) is 0 Å². The van der Waals surface area contributed by atoms with E-state index in [1.807, 2.05) is 86.6 Å². The van der Waals surface area contributed by atoms with E-state index in [-0.39, 0.29) is 11.8 Å². The number of rotatable bonds is 7. The molecule has 0 saturated heterocycles. The number of benzene rings is 3. The molecule has 4 rings (SSSR count). The van der Waals surface area contributed by atoms with Gasteiger partial charge in [0.15, 0.2) is 0 Å². The topological polar surface area (TPSA) is 46.6 Å². The van der Waals surface area contributed by atoms with Crippen molar-refractivity contribution in [3.63, 3.8) is 0 Å². The Morgan fingerprint density at radius 2 is 1.56 bits per heavy atom. The Morgan fingerprint density at radius 1 is 0.844 bits per heavy atom. The van der Waals surface area contributed by atoms with Gasteiger partial charge in [-0.3, -0.25) is 9.59 Å². The van der Waals surface area contributed by atoms with E-state index in [0.717, 1.165) is 28.2 Å². The predicted molar refractivity (Wildman–Crippen MR) is 130 cm³/mol. The number of carbonyl (C=O) groups excluding carboxylic acids is 2. The first-order valence-corrected chi connectivity index (χ1v) is 11.5. The normalized spacial score (nSPS) is 13.8. The van der Waals surface area contributed by atoms with E-state index in [0.29, 0.717) is 28.3 Å². The van der Waals surface area contributed by atoms with Crippen molar-refractivity contribution in [2.75, 3.05) is 11.5 Å². The number of thioether (sulfide) groups is 1. The van der Waals surface area contributed by atoms with Crippen LogP contribution in [0, 0.1) is 13.8 Å². The molecule has 0 aromatic heterocycles. The van der Waals surface area contributed by atoms with E-state index in [4.69, 9.17) is 4.74 Å². The van der Waals surface area contributed by atoms with Gasteiger partial charge in [-0.15, -0.1) is 0 Å². The number of anilines is 1. The summed E-state index contributed by atoms with van der Waals surface area (Å²) in [6.07, 6.45) is 0.919. The van der Waals surface area contributed by atoms with E-state index >= 15 is 0 Å². The molecule has 0 aliphatic carbocycles. The summed E-state index contributed by atoms with van der Waals surface area (Å²) in [4.78, 5) is 29.7. The third kappa shape index (κ3) is 4.34. The van der Waals surface area contributed by atoms with Crippen LogP contribution >= 0.6 is 11.8 Å². The Hall–Kier alpha value is -3.31. The van der Waals surface area contributed by atoms with Crippen molar-refractivity contribution in [2.24, 2.45) is 0 Å². The molecule has 0 spiro atoms. The van der Waals surface area contributed by atoms with Crippen molar-refractivity contribution in [3.05, 3.63) is 94.4 Å². The third-order valence-electron chi connectivity index (χ3n) is 5.37. The lowest BCUT2D eigenvalue weighted by Crippen LogP contribution is -2.31. The monoisotopic (exact) mass is 443 g/mol. The molecule has 0 unspecified atom stereocenters. The number of ether oxygens (including phenoxy) is 1. The van der Waals surface area contributed by atoms with Gasteiger partial charge in [-0.2, -0.15) is 0 Å². The lowest BCUT2D eigenvalue weighted by Gasteiger charge is -2.16. The van der Waals surface area contributed by atoms with E-state index in [9.17, 15) is 9.59 Å². The molecule has 32 heavy (non-hydrogen) atoms. The molecule has 0 saturated carbocycles. The molecular formula is C27H25NO3S. The fraction of sp³-hybridized carbons (Fsp3) is 0.185. The van der Waals surface area contributed by atoms with Crippen molar-refractivity contribution >= 4 is 34.8 Å². The van der Waals surface area contributed by atoms with Gasteiger partial charge in [0.25, 0.3) is 11.8 Å². The van der Waals surface area contributed by atoms with Gasteiger partial charge in [0.1, 0.15) is 5.75 Å². The first-order chi connectivity index (χ1) is 15.5. The highest BCUT2D eigenvalue weighted by molar-refractivity contribution is 8.04. The maximum absolute atomic E-state index is 13.6. The number of hydrogen-bond donors (Lipinski definition) is 0. The smallest absolute Gasteiger partial charge is 0.272 e. The van der Waals surface area contributed by atoms with Gasteiger partial charge < -0.3 is 4.74 Å². The van der Waals surface area contributed by atoms with Gasteiger partial charge in [-0.25, -0.2) is 4.90 Å². The summed E-state index contributed by atoms with van der Waals surface area (Å²) in [6, 6.07) is 22.7. The molecule has 0 N–H and O–H groups in total. The maximum Gasteiger partial charge on any atom is 0.272 e. The maximum atomic E-state index is 13.6. The third-order valence-corrected chi connectivity index (χ3v) is 6.46. The minimum Gasteiger partial charge on any atom is -0.494 e. The van der Waals surface area contributed by atoms with E-state index in [1.54, 1.807) is 0 Å². The summed E-state index contributed by atoms with van der Waals surface area (Å²) in [5.74, 6) is 0.142. The fourth-order valence-electron chi connectivity index (χ4n) is 3.50. The van der Waals surface area contributed by atoms with Crippen LogP contribution in [0.5, 0.6) is 5.75 Å². The fourth-order valence-corrected chi connectivity index (χ4v) is 4.52. The molecule has 1 aliphatic rings. The molecule has 1 aliphatic heterocycles. The molecule has 1 heterocycles. The Morgan fingerprint density at radius 3 is 2.22 bits per heavy atom. The first-order valence-electron chi connectivity index (χ1n) is 10.7. The Labute approximate surface area is 192 Å². The van der Waals surface area contributed by atoms with Crippen LogP contribution in [0.4, 0.5) is 5.69 Å². The van der Waals surface area contributed by atoms with Gasteiger partial charge in [-0.1, -0.05) is 55.1 Å². The molecule has 162 valence electrons. The van der Waals surface area contributed by atoms with Crippen molar-refractivity contribution < 1.29 is 14.3 Å². The quantitative estimate of drug-likeness (QED) is 0.410. The van der Waals surface area contributed by atoms with Crippen LogP contribution in [-0.2, 0) is 9.59 Å². The Bertz CT molecular complexity index is 1180. The van der Waals surface area contributed by atoms with Crippen LogP contribution in [0.1, 0.15) is 30.0 Å². The molecule has 0 radical (unpaired) electrons. The summed E-state index contributed by atoms with van der Waals surface area (Å²) in [6.45, 7) is 6.67. The predicted octanol–water partition coefficient (Wildman–Crippen LogP) is 6.17. The molecule has 5 heteroatoms. The molecule has 3 aromatic carbocycles. The van der Waals surface area contributed by atoms with Crippen LogP contribution in [-0.4, -0.2) is 18.4 Å². The van der Waals surface area contributed by atoms with Gasteiger partial charge in [0.05, 0.1) is 22.8 Å². The zero-order valence-electron chi connectivity index (χ0n) is 18.4. The first kappa shape index (κ1) is 21.9. The van der Waals surface area contributed by atoms with Crippen molar-refractivity contribution in [3.8, 4) is 5.75 Å². The van der Waals surface area contributed by atoms with Crippen molar-refractivity contribution in [2.45, 2.75) is 32.1 Å². The molecule has 2 amide bonds. The lowest BCUT2D eigenvalue weighted by atomic mass is 10.1. The summed E-state index contributed by atoms with van der Waals surface area (Å²) in [5, 5.41) is 0. The highest BCUT2D eigenvalue weighted by Crippen LogP contribution is 2.41. The average molecular weight is 444 g/mol. The molecule has 3 aromatic rings. The highest BCUT2D eigenvalue weighted by atomic mass is 32.2. The second-order valence-electron chi connectivity index (χ2n) is 7.71. The number of aryl methyl sites for hydroxylation is 2. The number of hydrogen-bond acceptors (Lipinski definition) is 4. The zero-order chi connectivity index (χ0) is 22.7. The van der Waals surface area contributed by atoms with Gasteiger partial charge in [-0.05, 0) is 73.4 Å². The lowest BCUT2D eigenvalue weighted by molar-refractivity contribution is -0.119. The van der Waals surface area contributed by atoms with Gasteiger partial charge >= 0.3 is 0 Å². The van der Waals surface area contributed by atoms with Crippen LogP contribution in [0.25, 0.3) is 5.57 Å². The van der Waals surface area contributed by atoms with Gasteiger partial charge in [0, 0.05) is 4.90 Å². The minimum absolute atomic E-state index is 0.298. The Balaban J connectivity index is 1.76. The van der Waals surface area contributed by atoms with E-state index in [1.165, 1.54) is 16.7 Å². The van der Waals surface area contributed by atoms with Crippen LogP contribution in [0.3, 0.4) is 0 Å². The minimum atomic E-state index is -0.307. The number of imide groups is 1. The number of nitrogens with zero attached hydrogens (tertiary/aromatic N) is 1. The summed E-state index contributed by atoms with van der Waals surface area (Å²) in [5.41, 5.74) is 3.86. The van der Waals surface area contributed by atoms with Crippen LogP contribution < -0.4 is 9.64 Å². The number of amides is 2. The van der Waals surface area contributed by atoms with E-state index in [2.05, 4.69) is 6.92 Å². The Kier molecular flexibility index (Phi) is 6.47. The molecule has 0 bridgehead atoms. The largest absolute Gasteiger partial charge is 0.494 e. The molecular weight excluding hydrogens is 418 g/mol. The summed E-state index contributed by atoms with van der Waals surface area (Å²) in [7, 11) is 0. The zero-order valence-corrected chi connectivity index (χ0v) is 19.2.